The molecule has 0 N–H and O–H groups in total. The zero-order chi connectivity index (χ0) is 21.6. The second-order valence-corrected chi connectivity index (χ2v) is 6.88. The van der Waals surface area contributed by atoms with Crippen molar-refractivity contribution in [2.45, 2.75) is 6.92 Å². The van der Waals surface area contributed by atoms with Crippen molar-refractivity contribution in [3.05, 3.63) is 100 Å². The van der Waals surface area contributed by atoms with Crippen LogP contribution < -0.4 is 19.6 Å². The molecule has 4 aromatic rings. The summed E-state index contributed by atoms with van der Waals surface area (Å²) in [4.78, 5) is 12.9. The Labute approximate surface area is 180 Å². The third kappa shape index (κ3) is 4.78. The van der Waals surface area contributed by atoms with Gasteiger partial charge >= 0.3 is 0 Å². The minimum atomic E-state index is -0.231. The molecule has 0 fully saturated rings. The van der Waals surface area contributed by atoms with Crippen molar-refractivity contribution in [3.8, 4) is 23.0 Å². The maximum absolute atomic E-state index is 12.9. The van der Waals surface area contributed by atoms with Crippen LogP contribution in [0.15, 0.2) is 88.1 Å². The molecule has 0 bridgehead atoms. The zero-order valence-corrected chi connectivity index (χ0v) is 17.3. The predicted octanol–water partition coefficient (Wildman–Crippen LogP) is 5.99. The Kier molecular flexibility index (Phi) is 6.03. The van der Waals surface area contributed by atoms with Crippen LogP contribution in [0.25, 0.3) is 17.0 Å². The van der Waals surface area contributed by atoms with Crippen molar-refractivity contribution < 1.29 is 18.6 Å². The van der Waals surface area contributed by atoms with Gasteiger partial charge in [0.1, 0.15) is 35.2 Å². The molecule has 0 aliphatic rings. The molecule has 0 atom stereocenters. The number of hydrogen-bond donors (Lipinski definition) is 0. The number of ether oxygens (including phenoxy) is 3. The SMILES string of the molecule is COc1ccc(Oc2c(C)oc3cc(OC/C=C/c4ccccc4)ccc3c2=O)cc1. The van der Waals surface area contributed by atoms with Gasteiger partial charge in [0, 0.05) is 6.07 Å². The topological polar surface area (TPSA) is 57.9 Å². The first-order valence-electron chi connectivity index (χ1n) is 9.88. The molecule has 0 saturated heterocycles. The smallest absolute Gasteiger partial charge is 0.235 e. The first-order valence-corrected chi connectivity index (χ1v) is 9.88. The molecule has 5 nitrogen and oxygen atoms in total. The van der Waals surface area contributed by atoms with Gasteiger partial charge in [0.05, 0.1) is 12.5 Å². The molecule has 0 saturated carbocycles. The highest BCUT2D eigenvalue weighted by Crippen LogP contribution is 2.28. The molecule has 0 aliphatic heterocycles. The fraction of sp³-hybridized carbons (Fsp3) is 0.115. The Morgan fingerprint density at radius 1 is 0.903 bits per heavy atom. The minimum Gasteiger partial charge on any atom is -0.497 e. The van der Waals surface area contributed by atoms with E-state index in [-0.39, 0.29) is 11.2 Å². The summed E-state index contributed by atoms with van der Waals surface area (Å²) in [6.45, 7) is 2.11. The second kappa shape index (κ2) is 9.22. The van der Waals surface area contributed by atoms with Gasteiger partial charge in [-0.3, -0.25) is 4.79 Å². The van der Waals surface area contributed by atoms with Crippen molar-refractivity contribution in [2.75, 3.05) is 13.7 Å². The highest BCUT2D eigenvalue weighted by Gasteiger charge is 2.14. The van der Waals surface area contributed by atoms with Crippen molar-refractivity contribution >= 4 is 17.0 Å². The third-order valence-electron chi connectivity index (χ3n) is 4.72. The molecule has 4 rings (SSSR count). The lowest BCUT2D eigenvalue weighted by Gasteiger charge is -2.10. The molecular formula is C26H22O5. The van der Waals surface area contributed by atoms with Crippen LogP contribution in [0, 0.1) is 6.92 Å². The van der Waals surface area contributed by atoms with E-state index in [0.29, 0.717) is 40.6 Å². The zero-order valence-electron chi connectivity index (χ0n) is 17.3. The third-order valence-corrected chi connectivity index (χ3v) is 4.72. The van der Waals surface area contributed by atoms with E-state index >= 15 is 0 Å². The van der Waals surface area contributed by atoms with Crippen LogP contribution in [-0.4, -0.2) is 13.7 Å². The summed E-state index contributed by atoms with van der Waals surface area (Å²) in [7, 11) is 1.59. The van der Waals surface area contributed by atoms with Crippen molar-refractivity contribution in [1.82, 2.24) is 0 Å². The number of benzene rings is 3. The van der Waals surface area contributed by atoms with Crippen molar-refractivity contribution in [2.24, 2.45) is 0 Å². The Morgan fingerprint density at radius 2 is 1.61 bits per heavy atom. The molecule has 0 aliphatic carbocycles. The van der Waals surface area contributed by atoms with Gasteiger partial charge in [0.15, 0.2) is 0 Å². The predicted molar refractivity (Wildman–Crippen MR) is 121 cm³/mol. The highest BCUT2D eigenvalue weighted by atomic mass is 16.5. The quantitative estimate of drug-likeness (QED) is 0.371. The molecule has 31 heavy (non-hydrogen) atoms. The minimum absolute atomic E-state index is 0.164. The van der Waals surface area contributed by atoms with Crippen LogP contribution in [0.4, 0.5) is 0 Å². The van der Waals surface area contributed by atoms with Gasteiger partial charge < -0.3 is 18.6 Å². The highest BCUT2D eigenvalue weighted by molar-refractivity contribution is 5.79. The van der Waals surface area contributed by atoms with E-state index in [1.807, 2.05) is 42.5 Å². The summed E-state index contributed by atoms with van der Waals surface area (Å²) >= 11 is 0. The maximum Gasteiger partial charge on any atom is 0.235 e. The number of methoxy groups -OCH3 is 1. The van der Waals surface area contributed by atoms with Crippen LogP contribution in [0.5, 0.6) is 23.0 Å². The average molecular weight is 414 g/mol. The van der Waals surface area contributed by atoms with Gasteiger partial charge in [0.25, 0.3) is 0 Å². The molecule has 1 heterocycles. The second-order valence-electron chi connectivity index (χ2n) is 6.88. The number of fused-ring (bicyclic) bond motifs is 1. The standard InChI is InChI=1S/C26H22O5/c1-18-26(31-21-12-10-20(28-2)11-13-21)25(27)23-15-14-22(17-24(23)30-18)29-16-6-9-19-7-4-3-5-8-19/h3-15,17H,16H2,1-2H3/b9-6+. The number of hydrogen-bond acceptors (Lipinski definition) is 5. The van der Waals surface area contributed by atoms with E-state index in [9.17, 15) is 4.79 Å². The van der Waals surface area contributed by atoms with E-state index in [0.717, 1.165) is 5.56 Å². The van der Waals surface area contributed by atoms with E-state index in [4.69, 9.17) is 18.6 Å². The molecule has 3 aromatic carbocycles. The lowest BCUT2D eigenvalue weighted by atomic mass is 10.2. The van der Waals surface area contributed by atoms with Gasteiger partial charge in [0.2, 0.25) is 11.2 Å². The summed E-state index contributed by atoms with van der Waals surface area (Å²) in [6, 6.07) is 22.2. The van der Waals surface area contributed by atoms with Gasteiger partial charge in [-0.15, -0.1) is 0 Å². The lowest BCUT2D eigenvalue weighted by molar-refractivity contribution is 0.363. The summed E-state index contributed by atoms with van der Waals surface area (Å²) in [6.07, 6.45) is 3.93. The largest absolute Gasteiger partial charge is 0.497 e. The molecular weight excluding hydrogens is 392 g/mol. The summed E-state index contributed by atoms with van der Waals surface area (Å²) in [5.41, 5.74) is 1.33. The van der Waals surface area contributed by atoms with E-state index < -0.39 is 0 Å². The summed E-state index contributed by atoms with van der Waals surface area (Å²) in [5.74, 6) is 2.42. The van der Waals surface area contributed by atoms with E-state index in [1.54, 1.807) is 56.5 Å². The van der Waals surface area contributed by atoms with Gasteiger partial charge in [-0.2, -0.15) is 0 Å². The van der Waals surface area contributed by atoms with Crippen molar-refractivity contribution in [3.63, 3.8) is 0 Å². The Balaban J connectivity index is 1.51. The molecule has 156 valence electrons. The van der Waals surface area contributed by atoms with E-state index in [1.165, 1.54) is 0 Å². The Bertz CT molecular complexity index is 1250. The van der Waals surface area contributed by atoms with Crippen LogP contribution in [-0.2, 0) is 0 Å². The molecule has 0 spiro atoms. The normalized spacial score (nSPS) is 11.0. The molecule has 1 aromatic heterocycles. The molecule has 0 amide bonds. The lowest BCUT2D eigenvalue weighted by Crippen LogP contribution is -2.07. The van der Waals surface area contributed by atoms with Gasteiger partial charge in [-0.1, -0.05) is 36.4 Å². The van der Waals surface area contributed by atoms with Gasteiger partial charge in [-0.25, -0.2) is 0 Å². The van der Waals surface area contributed by atoms with Crippen LogP contribution in [0.2, 0.25) is 0 Å². The Hall–Kier alpha value is -3.99. The molecule has 0 unspecified atom stereocenters. The van der Waals surface area contributed by atoms with Gasteiger partial charge in [-0.05, 0) is 55.0 Å². The fourth-order valence-corrected chi connectivity index (χ4v) is 3.13. The molecule has 0 radical (unpaired) electrons. The first-order chi connectivity index (χ1) is 15.1. The summed E-state index contributed by atoms with van der Waals surface area (Å²) < 4.78 is 22.6. The van der Waals surface area contributed by atoms with Crippen molar-refractivity contribution in [1.29, 1.82) is 0 Å². The first kappa shape index (κ1) is 20.3. The number of aryl methyl sites for hydroxylation is 1. The summed E-state index contributed by atoms with van der Waals surface area (Å²) in [5, 5.41) is 0.432. The van der Waals surface area contributed by atoms with Crippen LogP contribution >= 0.6 is 0 Å². The van der Waals surface area contributed by atoms with E-state index in [2.05, 4.69) is 0 Å². The number of rotatable bonds is 7. The molecule has 5 heteroatoms. The maximum atomic E-state index is 12.9. The fourth-order valence-electron chi connectivity index (χ4n) is 3.13. The van der Waals surface area contributed by atoms with Crippen LogP contribution in [0.3, 0.4) is 0 Å². The monoisotopic (exact) mass is 414 g/mol. The van der Waals surface area contributed by atoms with Crippen LogP contribution in [0.1, 0.15) is 11.3 Å². The Morgan fingerprint density at radius 3 is 2.35 bits per heavy atom. The average Bonchev–Trinajstić information content (AvgIpc) is 2.80.